The summed E-state index contributed by atoms with van der Waals surface area (Å²) in [6.45, 7) is 11.8. The summed E-state index contributed by atoms with van der Waals surface area (Å²) in [6, 6.07) is 0.171. The van der Waals surface area contributed by atoms with E-state index in [1.54, 1.807) is 11.3 Å². The highest BCUT2D eigenvalue weighted by Gasteiger charge is 2.18. The first-order valence-electron chi connectivity index (χ1n) is 6.62. The number of rotatable bonds is 6. The minimum absolute atomic E-state index is 0.122. The molecule has 0 radical (unpaired) electrons. The number of aliphatic hydroxyl groups excluding tert-OH is 1. The molecule has 3 nitrogen and oxygen atoms in total. The summed E-state index contributed by atoms with van der Waals surface area (Å²) >= 11 is 1.72. The van der Waals surface area contributed by atoms with Crippen LogP contribution in [0.15, 0.2) is 5.38 Å². The molecule has 0 aromatic carbocycles. The molecule has 0 aliphatic heterocycles. The average Bonchev–Trinajstić information content (AvgIpc) is 2.71. The number of thiazole rings is 1. The zero-order valence-corrected chi connectivity index (χ0v) is 13.0. The van der Waals surface area contributed by atoms with Gasteiger partial charge in [0, 0.05) is 23.4 Å². The van der Waals surface area contributed by atoms with Crippen LogP contribution in [-0.4, -0.2) is 22.7 Å². The fourth-order valence-electron chi connectivity index (χ4n) is 1.77. The summed E-state index contributed by atoms with van der Waals surface area (Å²) in [4.78, 5) is 4.64. The van der Waals surface area contributed by atoms with Crippen LogP contribution in [0, 0.1) is 5.92 Å². The van der Waals surface area contributed by atoms with E-state index >= 15 is 0 Å². The van der Waals surface area contributed by atoms with E-state index in [2.05, 4.69) is 50.3 Å². The van der Waals surface area contributed by atoms with Gasteiger partial charge in [-0.05, 0) is 12.3 Å². The molecule has 18 heavy (non-hydrogen) atoms. The van der Waals surface area contributed by atoms with Crippen molar-refractivity contribution in [2.24, 2.45) is 5.92 Å². The molecule has 1 aromatic heterocycles. The maximum atomic E-state index is 9.31. The van der Waals surface area contributed by atoms with Gasteiger partial charge in [0.05, 0.1) is 17.3 Å². The van der Waals surface area contributed by atoms with Crippen molar-refractivity contribution in [3.05, 3.63) is 16.1 Å². The van der Waals surface area contributed by atoms with E-state index in [4.69, 9.17) is 0 Å². The Hall–Kier alpha value is -0.450. The highest BCUT2D eigenvalue weighted by molar-refractivity contribution is 7.09. The molecule has 104 valence electrons. The van der Waals surface area contributed by atoms with Gasteiger partial charge in [0.15, 0.2) is 0 Å². The monoisotopic (exact) mass is 270 g/mol. The highest BCUT2D eigenvalue weighted by Crippen LogP contribution is 2.25. The molecular formula is C14H26N2OS. The van der Waals surface area contributed by atoms with E-state index in [0.29, 0.717) is 5.92 Å². The van der Waals surface area contributed by atoms with Crippen molar-refractivity contribution in [2.45, 2.75) is 59.0 Å². The van der Waals surface area contributed by atoms with Crippen LogP contribution in [0.4, 0.5) is 0 Å². The molecule has 0 aliphatic rings. The molecule has 1 rings (SSSR count). The van der Waals surface area contributed by atoms with E-state index in [1.165, 1.54) is 5.01 Å². The van der Waals surface area contributed by atoms with E-state index in [-0.39, 0.29) is 18.1 Å². The fraction of sp³-hybridized carbons (Fsp3) is 0.786. The van der Waals surface area contributed by atoms with Gasteiger partial charge in [0.2, 0.25) is 0 Å². The number of hydrogen-bond donors (Lipinski definition) is 2. The van der Waals surface area contributed by atoms with Crippen LogP contribution < -0.4 is 5.32 Å². The lowest BCUT2D eigenvalue weighted by Gasteiger charge is -2.17. The SMILES string of the molecule is CC(C)CC(CO)NCc1csc(C(C)(C)C)n1. The quantitative estimate of drug-likeness (QED) is 0.835. The lowest BCUT2D eigenvalue weighted by atomic mass is 9.98. The fourth-order valence-corrected chi connectivity index (χ4v) is 2.68. The lowest BCUT2D eigenvalue weighted by molar-refractivity contribution is 0.223. The van der Waals surface area contributed by atoms with Crippen LogP contribution in [0.1, 0.15) is 51.7 Å². The Morgan fingerprint density at radius 2 is 2.06 bits per heavy atom. The number of hydrogen-bond acceptors (Lipinski definition) is 4. The molecule has 0 bridgehead atoms. The smallest absolute Gasteiger partial charge is 0.0982 e. The summed E-state index contributed by atoms with van der Waals surface area (Å²) in [5.41, 5.74) is 1.20. The predicted molar refractivity (Wildman–Crippen MR) is 78.0 cm³/mol. The Balaban J connectivity index is 2.50. The Morgan fingerprint density at radius 1 is 1.39 bits per heavy atom. The van der Waals surface area contributed by atoms with E-state index < -0.39 is 0 Å². The van der Waals surface area contributed by atoms with Crippen LogP contribution in [0.25, 0.3) is 0 Å². The van der Waals surface area contributed by atoms with Crippen molar-refractivity contribution < 1.29 is 5.11 Å². The molecule has 0 fully saturated rings. The number of aromatic nitrogens is 1. The van der Waals surface area contributed by atoms with Gasteiger partial charge in [0.25, 0.3) is 0 Å². The van der Waals surface area contributed by atoms with E-state index in [0.717, 1.165) is 18.7 Å². The molecule has 4 heteroatoms. The summed E-state index contributed by atoms with van der Waals surface area (Å²) < 4.78 is 0. The topological polar surface area (TPSA) is 45.1 Å². The lowest BCUT2D eigenvalue weighted by Crippen LogP contribution is -2.33. The van der Waals surface area contributed by atoms with Crippen molar-refractivity contribution in [3.8, 4) is 0 Å². The third-order valence-corrected chi connectivity index (χ3v) is 4.06. The maximum Gasteiger partial charge on any atom is 0.0982 e. The van der Waals surface area contributed by atoms with Crippen molar-refractivity contribution in [1.29, 1.82) is 0 Å². The second-order valence-electron chi connectivity index (χ2n) is 6.28. The van der Waals surface area contributed by atoms with Gasteiger partial charge >= 0.3 is 0 Å². The van der Waals surface area contributed by atoms with Crippen molar-refractivity contribution in [2.75, 3.05) is 6.61 Å². The molecule has 1 unspecified atom stereocenters. The predicted octanol–water partition coefficient (Wildman–Crippen LogP) is 2.94. The first kappa shape index (κ1) is 15.6. The average molecular weight is 270 g/mol. The third-order valence-electron chi connectivity index (χ3n) is 2.74. The van der Waals surface area contributed by atoms with Crippen LogP contribution in [0.2, 0.25) is 0 Å². The van der Waals surface area contributed by atoms with Gasteiger partial charge in [-0.25, -0.2) is 4.98 Å². The Morgan fingerprint density at radius 3 is 2.50 bits per heavy atom. The number of nitrogens with one attached hydrogen (secondary N) is 1. The summed E-state index contributed by atoms with van der Waals surface area (Å²) in [6.07, 6.45) is 0.993. The number of aliphatic hydroxyl groups is 1. The Kier molecular flexibility index (Phi) is 5.76. The second-order valence-corrected chi connectivity index (χ2v) is 7.14. The maximum absolute atomic E-state index is 9.31. The van der Waals surface area contributed by atoms with Crippen LogP contribution >= 0.6 is 11.3 Å². The first-order valence-corrected chi connectivity index (χ1v) is 7.50. The van der Waals surface area contributed by atoms with Gasteiger partial charge in [-0.1, -0.05) is 34.6 Å². The highest BCUT2D eigenvalue weighted by atomic mass is 32.1. The second kappa shape index (κ2) is 6.64. The molecule has 0 saturated carbocycles. The third kappa shape index (κ3) is 5.04. The molecule has 2 N–H and O–H groups in total. The molecule has 0 spiro atoms. The van der Waals surface area contributed by atoms with Crippen LogP contribution in [-0.2, 0) is 12.0 Å². The molecule has 1 heterocycles. The molecule has 0 aliphatic carbocycles. The van der Waals surface area contributed by atoms with Crippen molar-refractivity contribution in [1.82, 2.24) is 10.3 Å². The summed E-state index contributed by atoms with van der Waals surface area (Å²) in [7, 11) is 0. The van der Waals surface area contributed by atoms with E-state index in [1.807, 2.05) is 0 Å². The van der Waals surface area contributed by atoms with Crippen LogP contribution in [0.3, 0.4) is 0 Å². The Labute approximate surface area is 115 Å². The molecule has 1 aromatic rings. The standard InChI is InChI=1S/C14H26N2OS/c1-10(2)6-11(8-17)15-7-12-9-18-13(16-12)14(3,4)5/h9-11,15,17H,6-8H2,1-5H3. The molecule has 0 saturated heterocycles. The zero-order chi connectivity index (χ0) is 13.8. The molecular weight excluding hydrogens is 244 g/mol. The largest absolute Gasteiger partial charge is 0.395 e. The van der Waals surface area contributed by atoms with Crippen LogP contribution in [0.5, 0.6) is 0 Å². The molecule has 1 atom stereocenters. The van der Waals surface area contributed by atoms with Gasteiger partial charge < -0.3 is 10.4 Å². The van der Waals surface area contributed by atoms with Crippen molar-refractivity contribution in [3.63, 3.8) is 0 Å². The van der Waals surface area contributed by atoms with Gasteiger partial charge in [-0.2, -0.15) is 0 Å². The summed E-state index contributed by atoms with van der Waals surface area (Å²) in [5.74, 6) is 0.593. The minimum atomic E-state index is 0.122. The van der Waals surface area contributed by atoms with Gasteiger partial charge in [-0.15, -0.1) is 11.3 Å². The van der Waals surface area contributed by atoms with Gasteiger partial charge in [-0.3, -0.25) is 0 Å². The summed E-state index contributed by atoms with van der Waals surface area (Å²) in [5, 5.41) is 16.0. The normalized spacial score (nSPS) is 14.2. The zero-order valence-electron chi connectivity index (χ0n) is 12.2. The minimum Gasteiger partial charge on any atom is -0.395 e. The first-order chi connectivity index (χ1) is 8.32. The Bertz CT molecular complexity index is 355. The van der Waals surface area contributed by atoms with Gasteiger partial charge in [0.1, 0.15) is 0 Å². The van der Waals surface area contributed by atoms with Crippen molar-refractivity contribution >= 4 is 11.3 Å². The molecule has 0 amide bonds. The van der Waals surface area contributed by atoms with E-state index in [9.17, 15) is 5.11 Å². The number of nitrogens with zero attached hydrogens (tertiary/aromatic N) is 1.